The molecule has 0 bridgehead atoms. The molecular formula is C22H21BrN2O3. The Bertz CT molecular complexity index is 1030. The maximum atomic E-state index is 12.3. The van der Waals surface area contributed by atoms with Crippen LogP contribution in [-0.2, 0) is 9.59 Å². The van der Waals surface area contributed by atoms with E-state index < -0.39 is 0 Å². The van der Waals surface area contributed by atoms with Crippen LogP contribution in [0.4, 0.5) is 11.4 Å². The number of ether oxygens (including phenoxy) is 1. The van der Waals surface area contributed by atoms with Crippen molar-refractivity contribution in [2.75, 3.05) is 17.2 Å². The lowest BCUT2D eigenvalue weighted by atomic mass is 10.1. The summed E-state index contributed by atoms with van der Waals surface area (Å²) in [7, 11) is 0. The summed E-state index contributed by atoms with van der Waals surface area (Å²) < 4.78 is 6.50. The van der Waals surface area contributed by atoms with Gasteiger partial charge in [0.1, 0.15) is 5.75 Å². The molecule has 0 aliphatic carbocycles. The number of hydrogen-bond donors (Lipinski definition) is 2. The number of amides is 2. The number of rotatable bonds is 6. The zero-order chi connectivity index (χ0) is 20.1. The average Bonchev–Trinajstić information content (AvgIpc) is 2.70. The number of fused-ring (bicyclic) bond motifs is 1. The van der Waals surface area contributed by atoms with Crippen molar-refractivity contribution in [2.24, 2.45) is 0 Å². The Balaban J connectivity index is 1.66. The van der Waals surface area contributed by atoms with Gasteiger partial charge in [0.15, 0.2) is 6.61 Å². The van der Waals surface area contributed by atoms with Gasteiger partial charge in [-0.1, -0.05) is 43.3 Å². The third kappa shape index (κ3) is 4.70. The molecule has 3 aromatic rings. The lowest BCUT2D eigenvalue weighted by molar-refractivity contribution is -0.118. The molecule has 0 fully saturated rings. The molecule has 2 N–H and O–H groups in total. The molecule has 0 aliphatic rings. The highest BCUT2D eigenvalue weighted by Gasteiger charge is 2.10. The van der Waals surface area contributed by atoms with E-state index in [1.165, 1.54) is 0 Å². The number of anilines is 2. The first-order chi connectivity index (χ1) is 13.5. The fourth-order valence-corrected chi connectivity index (χ4v) is 3.35. The second-order valence-corrected chi connectivity index (χ2v) is 7.16. The number of benzene rings is 3. The monoisotopic (exact) mass is 440 g/mol. The van der Waals surface area contributed by atoms with E-state index in [0.29, 0.717) is 23.5 Å². The number of aryl methyl sites for hydroxylation is 1. The molecule has 3 rings (SSSR count). The maximum absolute atomic E-state index is 12.3. The predicted molar refractivity (Wildman–Crippen MR) is 116 cm³/mol. The first-order valence-corrected chi connectivity index (χ1v) is 9.77. The van der Waals surface area contributed by atoms with Crippen LogP contribution in [0.25, 0.3) is 10.8 Å². The zero-order valence-electron chi connectivity index (χ0n) is 15.7. The summed E-state index contributed by atoms with van der Waals surface area (Å²) in [4.78, 5) is 23.9. The van der Waals surface area contributed by atoms with Crippen LogP contribution in [0.15, 0.2) is 59.1 Å². The molecule has 2 amide bonds. The molecule has 0 aliphatic heterocycles. The van der Waals surface area contributed by atoms with Gasteiger partial charge in [-0.3, -0.25) is 9.59 Å². The SMILES string of the molecule is CCC(=O)Nc1cc(NC(=O)COc2ccc3ccccc3c2Br)ccc1C. The molecule has 28 heavy (non-hydrogen) atoms. The molecule has 0 spiro atoms. The molecule has 6 heteroatoms. The largest absolute Gasteiger partial charge is 0.483 e. The maximum Gasteiger partial charge on any atom is 0.262 e. The van der Waals surface area contributed by atoms with Crippen molar-refractivity contribution in [1.29, 1.82) is 0 Å². The minimum Gasteiger partial charge on any atom is -0.483 e. The van der Waals surface area contributed by atoms with Gasteiger partial charge in [-0.2, -0.15) is 0 Å². The second kappa shape index (κ2) is 8.89. The van der Waals surface area contributed by atoms with Gasteiger partial charge in [0.2, 0.25) is 5.91 Å². The lowest BCUT2D eigenvalue weighted by Crippen LogP contribution is -2.20. The van der Waals surface area contributed by atoms with E-state index >= 15 is 0 Å². The third-order valence-corrected chi connectivity index (χ3v) is 5.12. The Labute approximate surface area is 172 Å². The predicted octanol–water partition coefficient (Wildman–Crippen LogP) is 5.28. The van der Waals surface area contributed by atoms with Crippen molar-refractivity contribution in [2.45, 2.75) is 20.3 Å². The number of hydrogen-bond acceptors (Lipinski definition) is 3. The van der Waals surface area contributed by atoms with Crippen molar-refractivity contribution in [3.63, 3.8) is 0 Å². The molecule has 0 aromatic heterocycles. The fraction of sp³-hybridized carbons (Fsp3) is 0.182. The Morgan fingerprint density at radius 3 is 2.57 bits per heavy atom. The summed E-state index contributed by atoms with van der Waals surface area (Å²) in [6.45, 7) is 3.57. The zero-order valence-corrected chi connectivity index (χ0v) is 17.3. The normalized spacial score (nSPS) is 10.5. The highest BCUT2D eigenvalue weighted by Crippen LogP contribution is 2.33. The third-order valence-electron chi connectivity index (χ3n) is 4.30. The van der Waals surface area contributed by atoms with Crippen LogP contribution in [0.5, 0.6) is 5.75 Å². The molecule has 0 heterocycles. The summed E-state index contributed by atoms with van der Waals surface area (Å²) in [6, 6.07) is 17.1. The van der Waals surface area contributed by atoms with Crippen molar-refractivity contribution >= 4 is 49.9 Å². The van der Waals surface area contributed by atoms with E-state index in [0.717, 1.165) is 20.8 Å². The van der Waals surface area contributed by atoms with E-state index in [1.807, 2.05) is 49.4 Å². The number of nitrogens with one attached hydrogen (secondary N) is 2. The lowest BCUT2D eigenvalue weighted by Gasteiger charge is -2.12. The van der Waals surface area contributed by atoms with Crippen LogP contribution < -0.4 is 15.4 Å². The van der Waals surface area contributed by atoms with E-state index in [-0.39, 0.29) is 18.4 Å². The molecule has 0 saturated heterocycles. The van der Waals surface area contributed by atoms with Gasteiger partial charge < -0.3 is 15.4 Å². The Morgan fingerprint density at radius 1 is 1.00 bits per heavy atom. The van der Waals surface area contributed by atoms with E-state index in [9.17, 15) is 9.59 Å². The molecule has 0 atom stereocenters. The Morgan fingerprint density at radius 2 is 1.79 bits per heavy atom. The number of halogens is 1. The molecule has 3 aromatic carbocycles. The van der Waals surface area contributed by atoms with Gasteiger partial charge in [-0.25, -0.2) is 0 Å². The molecule has 5 nitrogen and oxygen atoms in total. The van der Waals surface area contributed by atoms with Crippen LogP contribution in [0.3, 0.4) is 0 Å². The quantitative estimate of drug-likeness (QED) is 0.547. The number of carbonyl (C=O) groups is 2. The van der Waals surface area contributed by atoms with Crippen LogP contribution >= 0.6 is 15.9 Å². The summed E-state index contributed by atoms with van der Waals surface area (Å²) in [6.07, 6.45) is 0.393. The van der Waals surface area contributed by atoms with Crippen LogP contribution in [0.2, 0.25) is 0 Å². The van der Waals surface area contributed by atoms with Gasteiger partial charge >= 0.3 is 0 Å². The standard InChI is InChI=1S/C22H21BrN2O3/c1-3-20(26)25-18-12-16(10-8-14(18)2)24-21(27)13-28-19-11-9-15-6-4-5-7-17(15)22(19)23/h4-12H,3,13H2,1-2H3,(H,24,27)(H,25,26). The van der Waals surface area contributed by atoms with Crippen LogP contribution in [0.1, 0.15) is 18.9 Å². The highest BCUT2D eigenvalue weighted by atomic mass is 79.9. The van der Waals surface area contributed by atoms with E-state index in [2.05, 4.69) is 26.6 Å². The molecule has 144 valence electrons. The van der Waals surface area contributed by atoms with Crippen molar-refractivity contribution in [3.8, 4) is 5.75 Å². The minimum absolute atomic E-state index is 0.0731. The topological polar surface area (TPSA) is 67.4 Å². The van der Waals surface area contributed by atoms with Gasteiger partial charge in [-0.15, -0.1) is 0 Å². The first-order valence-electron chi connectivity index (χ1n) is 8.98. The average molecular weight is 441 g/mol. The molecule has 0 radical (unpaired) electrons. The Hall–Kier alpha value is -2.86. The van der Waals surface area contributed by atoms with E-state index in [1.54, 1.807) is 19.1 Å². The van der Waals surface area contributed by atoms with Gasteiger partial charge in [0.25, 0.3) is 5.91 Å². The van der Waals surface area contributed by atoms with E-state index in [4.69, 9.17) is 4.74 Å². The summed E-state index contributed by atoms with van der Waals surface area (Å²) >= 11 is 3.55. The smallest absolute Gasteiger partial charge is 0.262 e. The summed E-state index contributed by atoms with van der Waals surface area (Å²) in [5, 5.41) is 7.74. The van der Waals surface area contributed by atoms with Crippen LogP contribution in [0, 0.1) is 6.92 Å². The number of carbonyl (C=O) groups excluding carboxylic acids is 2. The first kappa shape index (κ1) is 19.9. The summed E-state index contributed by atoms with van der Waals surface area (Å²) in [5.41, 5.74) is 2.21. The molecule has 0 saturated carbocycles. The molecule has 0 unspecified atom stereocenters. The van der Waals surface area contributed by atoms with Crippen molar-refractivity contribution < 1.29 is 14.3 Å². The van der Waals surface area contributed by atoms with Crippen molar-refractivity contribution in [3.05, 3.63) is 64.6 Å². The second-order valence-electron chi connectivity index (χ2n) is 6.37. The minimum atomic E-state index is -0.281. The van der Waals surface area contributed by atoms with Crippen LogP contribution in [-0.4, -0.2) is 18.4 Å². The fourth-order valence-electron chi connectivity index (χ4n) is 2.74. The highest BCUT2D eigenvalue weighted by molar-refractivity contribution is 9.10. The van der Waals surface area contributed by atoms with Gasteiger partial charge in [0.05, 0.1) is 4.47 Å². The van der Waals surface area contributed by atoms with Gasteiger partial charge in [0, 0.05) is 17.8 Å². The van der Waals surface area contributed by atoms with Crippen molar-refractivity contribution in [1.82, 2.24) is 0 Å². The Kier molecular flexibility index (Phi) is 6.31. The summed E-state index contributed by atoms with van der Waals surface area (Å²) in [5.74, 6) is 0.251. The molecular weight excluding hydrogens is 420 g/mol. The van der Waals surface area contributed by atoms with Gasteiger partial charge in [-0.05, 0) is 57.4 Å².